The van der Waals surface area contributed by atoms with Gasteiger partial charge in [-0.1, -0.05) is 0 Å². The van der Waals surface area contributed by atoms with Crippen molar-refractivity contribution < 1.29 is 62.7 Å². The molecule has 2 aromatic heterocycles. The molecule has 0 aromatic carbocycles. The molecule has 0 saturated heterocycles. The Morgan fingerprint density at radius 1 is 1.53 bits per heavy atom. The number of carboxylic acid groups (broad SMARTS) is 1. The van der Waals surface area contributed by atoms with E-state index >= 15 is 0 Å². The van der Waals surface area contributed by atoms with E-state index in [1.807, 2.05) is 0 Å². The molecule has 5 nitrogen and oxygen atoms in total. The van der Waals surface area contributed by atoms with Crippen LogP contribution in [0.15, 0.2) is 16.7 Å². The Hall–Kier alpha value is 0.206. The number of rotatable bonds is 2. The molecule has 0 atom stereocenters. The molecule has 17 heavy (non-hydrogen) atoms. The molecule has 3 rings (SSSR count). The van der Waals surface area contributed by atoms with Crippen LogP contribution in [0.25, 0.3) is 5.65 Å². The Balaban J connectivity index is 0.000000810. The van der Waals surface area contributed by atoms with Gasteiger partial charge in [0.2, 0.25) is 0 Å². The smallest absolute Gasteiger partial charge is 1.00 e. The van der Waals surface area contributed by atoms with Crippen molar-refractivity contribution in [2.24, 2.45) is 0 Å². The fourth-order valence-corrected chi connectivity index (χ4v) is 2.11. The van der Waals surface area contributed by atoms with Crippen molar-refractivity contribution in [1.29, 1.82) is 0 Å². The molecule has 2 heterocycles. The predicted octanol–water partition coefficient (Wildman–Crippen LogP) is -0.816. The minimum atomic E-state index is -0.998. The molecule has 1 saturated carbocycles. The summed E-state index contributed by atoms with van der Waals surface area (Å²) in [4.78, 5) is 15.0. The van der Waals surface area contributed by atoms with E-state index in [1.54, 1.807) is 16.6 Å². The molecule has 0 bridgehead atoms. The summed E-state index contributed by atoms with van der Waals surface area (Å²) in [5, 5.41) is 13.2. The first-order valence-electron chi connectivity index (χ1n) is 4.94. The zero-order chi connectivity index (χ0) is 11.3. The van der Waals surface area contributed by atoms with Gasteiger partial charge in [0.25, 0.3) is 0 Å². The van der Waals surface area contributed by atoms with Crippen molar-refractivity contribution in [3.63, 3.8) is 0 Å². The predicted molar refractivity (Wildman–Crippen MR) is 60.7 cm³/mol. The standard InChI is InChI=1S/C10H8BrN3O2.K.H/c11-8-4-9-12-6(10(15)16)3-7(5-1-2-5)14(9)13-8;;/h3-5H,1-2H2,(H,15,16);;/q;+1;-1. The maximum Gasteiger partial charge on any atom is 1.00 e. The quantitative estimate of drug-likeness (QED) is 0.734. The number of hydrogen-bond donors (Lipinski definition) is 1. The van der Waals surface area contributed by atoms with Crippen LogP contribution in [-0.2, 0) is 0 Å². The van der Waals surface area contributed by atoms with Gasteiger partial charge in [0.15, 0.2) is 11.3 Å². The van der Waals surface area contributed by atoms with Gasteiger partial charge >= 0.3 is 57.4 Å². The SMILES string of the molecule is O=C(O)c1cc(C2CC2)n2nc(Br)cc2n1.[H-].[K+]. The monoisotopic (exact) mass is 321 g/mol. The van der Waals surface area contributed by atoms with Gasteiger partial charge in [0, 0.05) is 17.7 Å². The molecular weight excluding hydrogens is 313 g/mol. The first-order chi connectivity index (χ1) is 7.65. The third-order valence-electron chi connectivity index (χ3n) is 2.64. The van der Waals surface area contributed by atoms with E-state index < -0.39 is 5.97 Å². The van der Waals surface area contributed by atoms with Crippen molar-refractivity contribution in [2.75, 3.05) is 0 Å². The van der Waals surface area contributed by atoms with Gasteiger partial charge < -0.3 is 6.53 Å². The molecule has 0 aliphatic heterocycles. The van der Waals surface area contributed by atoms with E-state index in [4.69, 9.17) is 5.11 Å². The van der Waals surface area contributed by atoms with Crippen molar-refractivity contribution in [1.82, 2.24) is 14.6 Å². The van der Waals surface area contributed by atoms with Gasteiger partial charge in [-0.2, -0.15) is 5.10 Å². The van der Waals surface area contributed by atoms with Gasteiger partial charge in [-0.15, -0.1) is 0 Å². The van der Waals surface area contributed by atoms with Crippen LogP contribution in [0.5, 0.6) is 0 Å². The zero-order valence-corrected chi connectivity index (χ0v) is 13.9. The van der Waals surface area contributed by atoms with E-state index in [1.165, 1.54) is 0 Å². The number of carbonyl (C=O) groups is 1. The fourth-order valence-electron chi connectivity index (χ4n) is 1.75. The summed E-state index contributed by atoms with van der Waals surface area (Å²) in [5.41, 5.74) is 1.60. The van der Waals surface area contributed by atoms with Crippen LogP contribution in [0.2, 0.25) is 0 Å². The topological polar surface area (TPSA) is 67.5 Å². The van der Waals surface area contributed by atoms with Crippen molar-refractivity contribution in [2.45, 2.75) is 18.8 Å². The van der Waals surface area contributed by atoms with E-state index in [-0.39, 0.29) is 58.5 Å². The second-order valence-corrected chi connectivity index (χ2v) is 4.70. The average Bonchev–Trinajstić information content (AvgIpc) is 2.98. The Kier molecular flexibility index (Phi) is 4.06. The molecular formula is C10H9BrKN3O2. The van der Waals surface area contributed by atoms with Crippen LogP contribution in [0, 0.1) is 0 Å². The molecule has 2 aromatic rings. The number of nitrogens with zero attached hydrogens (tertiary/aromatic N) is 3. The molecule has 0 amide bonds. The van der Waals surface area contributed by atoms with Crippen molar-refractivity contribution in [3.05, 3.63) is 28.1 Å². The van der Waals surface area contributed by atoms with Crippen LogP contribution < -0.4 is 51.4 Å². The molecule has 1 aliphatic carbocycles. The summed E-state index contributed by atoms with van der Waals surface area (Å²) in [5.74, 6) is -0.572. The van der Waals surface area contributed by atoms with Crippen LogP contribution >= 0.6 is 15.9 Å². The second kappa shape index (κ2) is 5.06. The summed E-state index contributed by atoms with van der Waals surface area (Å²) in [6.07, 6.45) is 2.19. The Bertz CT molecular complexity index is 600. The van der Waals surface area contributed by atoms with Gasteiger partial charge in [-0.3, -0.25) is 0 Å². The van der Waals surface area contributed by atoms with E-state index in [2.05, 4.69) is 26.0 Å². The molecule has 1 aliphatic rings. The molecule has 1 fully saturated rings. The van der Waals surface area contributed by atoms with Crippen molar-refractivity contribution in [3.8, 4) is 0 Å². The third kappa shape index (κ3) is 2.64. The number of aromatic carboxylic acids is 1. The first kappa shape index (κ1) is 13.6. The Labute approximate surface area is 150 Å². The summed E-state index contributed by atoms with van der Waals surface area (Å²) in [6, 6.07) is 3.34. The molecule has 0 unspecified atom stereocenters. The second-order valence-electron chi connectivity index (χ2n) is 3.88. The Morgan fingerprint density at radius 3 is 2.82 bits per heavy atom. The van der Waals surface area contributed by atoms with Crippen LogP contribution in [0.4, 0.5) is 0 Å². The summed E-state index contributed by atoms with van der Waals surface area (Å²) < 4.78 is 2.39. The van der Waals surface area contributed by atoms with E-state index in [9.17, 15) is 4.79 Å². The largest absolute Gasteiger partial charge is 1.00 e. The van der Waals surface area contributed by atoms with Crippen LogP contribution in [0.1, 0.15) is 36.4 Å². The van der Waals surface area contributed by atoms with E-state index in [0.717, 1.165) is 18.5 Å². The molecule has 1 N–H and O–H groups in total. The molecule has 0 radical (unpaired) electrons. The first-order valence-corrected chi connectivity index (χ1v) is 5.74. The summed E-state index contributed by atoms with van der Waals surface area (Å²) in [7, 11) is 0. The number of carboxylic acids is 1. The van der Waals surface area contributed by atoms with Crippen LogP contribution in [0.3, 0.4) is 0 Å². The molecule has 7 heteroatoms. The number of hydrogen-bond acceptors (Lipinski definition) is 3. The molecule has 0 spiro atoms. The number of aromatic nitrogens is 3. The third-order valence-corrected chi connectivity index (χ3v) is 3.03. The molecule has 84 valence electrons. The number of fused-ring (bicyclic) bond motifs is 1. The Morgan fingerprint density at radius 2 is 2.24 bits per heavy atom. The summed E-state index contributed by atoms with van der Waals surface area (Å²) in [6.45, 7) is 0. The zero-order valence-electron chi connectivity index (χ0n) is 10.2. The maximum atomic E-state index is 10.9. The van der Waals surface area contributed by atoms with Crippen molar-refractivity contribution >= 4 is 27.5 Å². The average molecular weight is 322 g/mol. The van der Waals surface area contributed by atoms with Gasteiger partial charge in [0.05, 0.1) is 0 Å². The van der Waals surface area contributed by atoms with E-state index in [0.29, 0.717) is 16.2 Å². The van der Waals surface area contributed by atoms with Gasteiger partial charge in [-0.25, -0.2) is 14.3 Å². The summed E-state index contributed by atoms with van der Waals surface area (Å²) >= 11 is 3.27. The van der Waals surface area contributed by atoms with Gasteiger partial charge in [-0.05, 0) is 34.8 Å². The minimum absolute atomic E-state index is 0. The fraction of sp³-hybridized carbons (Fsp3) is 0.300. The number of halogens is 1. The van der Waals surface area contributed by atoms with Crippen LogP contribution in [-0.4, -0.2) is 25.7 Å². The minimum Gasteiger partial charge on any atom is -1.00 e. The maximum absolute atomic E-state index is 10.9. The normalized spacial score (nSPS) is 14.6. The van der Waals surface area contributed by atoms with Gasteiger partial charge in [0.1, 0.15) is 4.60 Å².